The summed E-state index contributed by atoms with van der Waals surface area (Å²) in [5.74, 6) is -0.175. The number of carbonyl (C=O) groups excluding carboxylic acids is 1. The van der Waals surface area contributed by atoms with Crippen LogP contribution < -0.4 is 5.56 Å². The van der Waals surface area contributed by atoms with Crippen LogP contribution in [0, 0.1) is 0 Å². The molecule has 1 unspecified atom stereocenters. The van der Waals surface area contributed by atoms with E-state index in [4.69, 9.17) is 0 Å². The van der Waals surface area contributed by atoms with Gasteiger partial charge in [-0.05, 0) is 12.5 Å². The summed E-state index contributed by atoms with van der Waals surface area (Å²) in [6.07, 6.45) is 2.72. The summed E-state index contributed by atoms with van der Waals surface area (Å²) in [5.41, 5.74) is 1.86. The van der Waals surface area contributed by atoms with Crippen molar-refractivity contribution >= 4 is 5.91 Å². The fourth-order valence-corrected chi connectivity index (χ4v) is 3.12. The molecule has 26 heavy (non-hydrogen) atoms. The summed E-state index contributed by atoms with van der Waals surface area (Å²) in [7, 11) is 1.53. The molecule has 3 heterocycles. The lowest BCUT2D eigenvalue weighted by molar-refractivity contribution is 0.0778. The molecule has 8 nitrogen and oxygen atoms in total. The molecular weight excluding hydrogens is 332 g/mol. The number of hydrogen-bond acceptors (Lipinski definition) is 5. The Labute approximate surface area is 149 Å². The normalized spacial score (nSPS) is 16.8. The summed E-state index contributed by atoms with van der Waals surface area (Å²) < 4.78 is 2.99. The molecule has 4 rings (SSSR count). The van der Waals surface area contributed by atoms with Gasteiger partial charge in [-0.3, -0.25) is 9.59 Å². The second-order valence-electron chi connectivity index (χ2n) is 6.32. The molecule has 0 aliphatic carbocycles. The van der Waals surface area contributed by atoms with Crippen LogP contribution in [0.25, 0.3) is 11.3 Å². The third kappa shape index (κ3) is 3.01. The van der Waals surface area contributed by atoms with Gasteiger partial charge in [0.15, 0.2) is 0 Å². The second-order valence-corrected chi connectivity index (χ2v) is 6.32. The fourth-order valence-electron chi connectivity index (χ4n) is 3.12. The standard InChI is InChI=1S/C18H18N6O2/c1-22-17(25)8-7-15(20-22)18(26)23-10-9-14(11-23)24-12-16(19-21-24)13-5-3-2-4-6-13/h2-8,12,14H,9-11H2,1H3. The molecule has 0 radical (unpaired) electrons. The zero-order chi connectivity index (χ0) is 18.1. The van der Waals surface area contributed by atoms with Gasteiger partial charge < -0.3 is 4.90 Å². The molecule has 0 spiro atoms. The molecule has 0 saturated carbocycles. The Kier molecular flexibility index (Phi) is 4.08. The predicted molar refractivity (Wildman–Crippen MR) is 94.5 cm³/mol. The lowest BCUT2D eigenvalue weighted by Crippen LogP contribution is -2.32. The van der Waals surface area contributed by atoms with E-state index >= 15 is 0 Å². The predicted octanol–water partition coefficient (Wildman–Crippen LogP) is 1.13. The van der Waals surface area contributed by atoms with Gasteiger partial charge in [-0.1, -0.05) is 35.5 Å². The van der Waals surface area contributed by atoms with Gasteiger partial charge in [-0.2, -0.15) is 5.10 Å². The van der Waals surface area contributed by atoms with Crippen LogP contribution in [0.2, 0.25) is 0 Å². The van der Waals surface area contributed by atoms with E-state index in [1.54, 1.807) is 4.90 Å². The highest BCUT2D eigenvalue weighted by Gasteiger charge is 2.29. The maximum atomic E-state index is 12.6. The average Bonchev–Trinajstić information content (AvgIpc) is 3.33. The van der Waals surface area contributed by atoms with Crippen molar-refractivity contribution in [2.24, 2.45) is 7.05 Å². The van der Waals surface area contributed by atoms with Gasteiger partial charge in [0.05, 0.1) is 12.2 Å². The fraction of sp³-hybridized carbons (Fsp3) is 0.278. The molecule has 0 N–H and O–H groups in total. The molecule has 2 aromatic heterocycles. The second kappa shape index (κ2) is 6.55. The zero-order valence-electron chi connectivity index (χ0n) is 14.3. The number of nitrogens with zero attached hydrogens (tertiary/aromatic N) is 6. The minimum atomic E-state index is -0.239. The Balaban J connectivity index is 1.48. The molecule has 8 heteroatoms. The van der Waals surface area contributed by atoms with Gasteiger partial charge in [0, 0.05) is 31.8 Å². The first kappa shape index (κ1) is 16.2. The molecule has 1 fully saturated rings. The highest BCUT2D eigenvalue weighted by Crippen LogP contribution is 2.24. The van der Waals surface area contributed by atoms with Crippen molar-refractivity contribution in [3.05, 3.63) is 64.7 Å². The van der Waals surface area contributed by atoms with Crippen molar-refractivity contribution in [3.8, 4) is 11.3 Å². The smallest absolute Gasteiger partial charge is 0.274 e. The van der Waals surface area contributed by atoms with Gasteiger partial charge in [-0.15, -0.1) is 5.10 Å². The van der Waals surface area contributed by atoms with E-state index in [0.29, 0.717) is 13.1 Å². The number of amides is 1. The first-order valence-electron chi connectivity index (χ1n) is 8.43. The Morgan fingerprint density at radius 2 is 1.96 bits per heavy atom. The monoisotopic (exact) mass is 350 g/mol. The molecule has 1 saturated heterocycles. The van der Waals surface area contributed by atoms with E-state index < -0.39 is 0 Å². The molecule has 1 atom stereocenters. The third-order valence-corrected chi connectivity index (χ3v) is 4.58. The largest absolute Gasteiger partial charge is 0.335 e. The Morgan fingerprint density at radius 1 is 1.15 bits per heavy atom. The Bertz CT molecular complexity index is 994. The third-order valence-electron chi connectivity index (χ3n) is 4.58. The number of carbonyl (C=O) groups is 1. The van der Waals surface area contributed by atoms with Crippen molar-refractivity contribution in [2.75, 3.05) is 13.1 Å². The molecule has 132 valence electrons. The minimum Gasteiger partial charge on any atom is -0.335 e. The molecule has 1 amide bonds. The first-order valence-corrected chi connectivity index (χ1v) is 8.43. The first-order chi connectivity index (χ1) is 12.6. The quantitative estimate of drug-likeness (QED) is 0.707. The molecule has 1 aliphatic heterocycles. The van der Waals surface area contributed by atoms with Crippen molar-refractivity contribution in [1.29, 1.82) is 0 Å². The van der Waals surface area contributed by atoms with Crippen LogP contribution >= 0.6 is 0 Å². The molecule has 1 aromatic carbocycles. The van der Waals surface area contributed by atoms with Gasteiger partial charge in [0.25, 0.3) is 11.5 Å². The van der Waals surface area contributed by atoms with Crippen molar-refractivity contribution in [2.45, 2.75) is 12.5 Å². The highest BCUT2D eigenvalue weighted by atomic mass is 16.2. The van der Waals surface area contributed by atoms with Crippen molar-refractivity contribution in [3.63, 3.8) is 0 Å². The molecular formula is C18H18N6O2. The molecule has 0 bridgehead atoms. The Morgan fingerprint density at radius 3 is 2.73 bits per heavy atom. The minimum absolute atomic E-state index is 0.0800. The summed E-state index contributed by atoms with van der Waals surface area (Å²) in [5, 5.41) is 12.5. The topological polar surface area (TPSA) is 85.9 Å². The SMILES string of the molecule is Cn1nc(C(=O)N2CCC(n3cc(-c4ccccc4)nn3)C2)ccc1=O. The van der Waals surface area contributed by atoms with E-state index in [1.165, 1.54) is 23.9 Å². The highest BCUT2D eigenvalue weighted by molar-refractivity contribution is 5.92. The number of aryl methyl sites for hydroxylation is 1. The van der Waals surface area contributed by atoms with Crippen LogP contribution in [0.15, 0.2) is 53.5 Å². The van der Waals surface area contributed by atoms with Crippen molar-refractivity contribution < 1.29 is 4.79 Å². The lowest BCUT2D eigenvalue weighted by atomic mass is 10.2. The van der Waals surface area contributed by atoms with Gasteiger partial charge in [0.1, 0.15) is 11.4 Å². The number of benzene rings is 1. The van der Waals surface area contributed by atoms with E-state index in [2.05, 4.69) is 15.4 Å². The van der Waals surface area contributed by atoms with Crippen LogP contribution in [0.1, 0.15) is 23.0 Å². The van der Waals surface area contributed by atoms with Crippen LogP contribution in [0.5, 0.6) is 0 Å². The zero-order valence-corrected chi connectivity index (χ0v) is 14.3. The number of aromatic nitrogens is 5. The van der Waals surface area contributed by atoms with Gasteiger partial charge >= 0.3 is 0 Å². The summed E-state index contributed by atoms with van der Waals surface area (Å²) >= 11 is 0. The maximum absolute atomic E-state index is 12.6. The number of hydrogen-bond donors (Lipinski definition) is 0. The van der Waals surface area contributed by atoms with Gasteiger partial charge in [0.2, 0.25) is 0 Å². The van der Waals surface area contributed by atoms with E-state index in [0.717, 1.165) is 17.7 Å². The summed E-state index contributed by atoms with van der Waals surface area (Å²) in [6, 6.07) is 12.8. The van der Waals surface area contributed by atoms with Crippen LogP contribution in [0.4, 0.5) is 0 Å². The van der Waals surface area contributed by atoms with E-state index in [1.807, 2.05) is 41.2 Å². The maximum Gasteiger partial charge on any atom is 0.274 e. The summed E-state index contributed by atoms with van der Waals surface area (Å²) in [6.45, 7) is 1.16. The van der Waals surface area contributed by atoms with Crippen LogP contribution in [-0.2, 0) is 7.05 Å². The lowest BCUT2D eigenvalue weighted by Gasteiger charge is -2.16. The number of likely N-dealkylation sites (tertiary alicyclic amines) is 1. The Hall–Kier alpha value is -3.29. The molecule has 1 aliphatic rings. The number of rotatable bonds is 3. The van der Waals surface area contributed by atoms with E-state index in [-0.39, 0.29) is 23.2 Å². The van der Waals surface area contributed by atoms with E-state index in [9.17, 15) is 9.59 Å². The van der Waals surface area contributed by atoms with Crippen LogP contribution in [-0.4, -0.2) is 48.7 Å². The van der Waals surface area contributed by atoms with Crippen LogP contribution in [0.3, 0.4) is 0 Å². The summed E-state index contributed by atoms with van der Waals surface area (Å²) in [4.78, 5) is 25.8. The van der Waals surface area contributed by atoms with Crippen molar-refractivity contribution in [1.82, 2.24) is 29.7 Å². The average molecular weight is 350 g/mol. The molecule has 3 aromatic rings. The van der Waals surface area contributed by atoms with Gasteiger partial charge in [-0.25, -0.2) is 9.36 Å².